The van der Waals surface area contributed by atoms with Crippen LogP contribution in [0.25, 0.3) is 27.6 Å². The lowest BCUT2D eigenvalue weighted by atomic mass is 10.2. The summed E-state index contributed by atoms with van der Waals surface area (Å²) in [4.78, 5) is 3.34. The van der Waals surface area contributed by atoms with Crippen LogP contribution in [0, 0.1) is 27.4 Å². The molecule has 168 valence electrons. The minimum Gasteiger partial charge on any atom is -0.350 e. The van der Waals surface area contributed by atoms with E-state index in [1.807, 2.05) is 68.7 Å². The standard InChI is InChI=1S/C22H18N10S2/c1-24-17(12-23)18(25-15-8-4-13(5-9-15)19-27-29-21(33)31(19)2)26-16-10-6-14(7-11-16)20-28-30-22(34)32(20)3/h4-11,25-26H,2-3H3,(H,29,33)(H,30,34). The SMILES string of the molecule is [C-]#[N+]C(C#N)=C(Nc1ccc(-c2n[nH]c(=S)n2C)cc1)Nc1ccc(-c2n[nH]c(=S)n2C)cc1. The highest BCUT2D eigenvalue weighted by Crippen LogP contribution is 2.23. The van der Waals surface area contributed by atoms with Gasteiger partial charge in [0.05, 0.1) is 12.6 Å². The summed E-state index contributed by atoms with van der Waals surface area (Å²) in [6.45, 7) is 7.38. The number of allylic oxidation sites excluding steroid dienone is 1. The molecular weight excluding hydrogens is 468 g/mol. The van der Waals surface area contributed by atoms with Crippen LogP contribution >= 0.6 is 24.4 Å². The van der Waals surface area contributed by atoms with E-state index in [0.29, 0.717) is 32.6 Å². The number of nitrogens with one attached hydrogen (secondary N) is 4. The van der Waals surface area contributed by atoms with Gasteiger partial charge in [-0.25, -0.2) is 10.1 Å². The normalized spacial score (nSPS) is 10.2. The van der Waals surface area contributed by atoms with Crippen molar-refractivity contribution < 1.29 is 0 Å². The molecule has 0 spiro atoms. The lowest BCUT2D eigenvalue weighted by Crippen LogP contribution is -2.12. The van der Waals surface area contributed by atoms with E-state index in [1.54, 1.807) is 9.13 Å². The lowest BCUT2D eigenvalue weighted by molar-refractivity contribution is 0.902. The summed E-state index contributed by atoms with van der Waals surface area (Å²) in [5.41, 5.74) is 3.02. The molecule has 10 nitrogen and oxygen atoms in total. The number of nitriles is 1. The van der Waals surface area contributed by atoms with E-state index in [2.05, 4.69) is 35.9 Å². The lowest BCUT2D eigenvalue weighted by Gasteiger charge is -2.15. The second-order valence-corrected chi connectivity index (χ2v) is 7.95. The van der Waals surface area contributed by atoms with E-state index in [0.717, 1.165) is 11.1 Å². The van der Waals surface area contributed by atoms with Gasteiger partial charge >= 0.3 is 5.70 Å². The number of aromatic amines is 2. The third kappa shape index (κ3) is 4.49. The summed E-state index contributed by atoms with van der Waals surface area (Å²) in [6, 6.07) is 16.8. The fraction of sp³-hybridized carbons (Fsp3) is 0.0909. The van der Waals surface area contributed by atoms with Crippen LogP contribution < -0.4 is 10.6 Å². The number of H-pyrrole nitrogens is 2. The van der Waals surface area contributed by atoms with E-state index >= 15 is 0 Å². The summed E-state index contributed by atoms with van der Waals surface area (Å²) in [7, 11) is 3.67. The van der Waals surface area contributed by atoms with Gasteiger partial charge in [-0.3, -0.25) is 10.2 Å². The molecule has 2 heterocycles. The van der Waals surface area contributed by atoms with Crippen LogP contribution in [0.4, 0.5) is 11.4 Å². The van der Waals surface area contributed by atoms with E-state index < -0.39 is 0 Å². The Balaban J connectivity index is 1.57. The quantitative estimate of drug-likeness (QED) is 0.177. The molecule has 4 rings (SSSR count). The molecule has 0 saturated heterocycles. The van der Waals surface area contributed by atoms with Crippen molar-refractivity contribution in [3.63, 3.8) is 0 Å². The summed E-state index contributed by atoms with van der Waals surface area (Å²) >= 11 is 10.3. The Labute approximate surface area is 205 Å². The van der Waals surface area contributed by atoms with Gasteiger partial charge in [-0.1, -0.05) is 0 Å². The van der Waals surface area contributed by atoms with Crippen molar-refractivity contribution in [3.05, 3.63) is 81.0 Å². The van der Waals surface area contributed by atoms with Gasteiger partial charge in [0.1, 0.15) is 5.82 Å². The fourth-order valence-electron chi connectivity index (χ4n) is 3.19. The van der Waals surface area contributed by atoms with Crippen LogP contribution in [0.5, 0.6) is 0 Å². The van der Waals surface area contributed by atoms with Gasteiger partial charge in [0, 0.05) is 36.6 Å². The average molecular weight is 487 g/mol. The zero-order valence-electron chi connectivity index (χ0n) is 18.1. The highest BCUT2D eigenvalue weighted by atomic mass is 32.1. The second-order valence-electron chi connectivity index (χ2n) is 7.17. The van der Waals surface area contributed by atoms with Gasteiger partial charge in [0.2, 0.25) is 0 Å². The predicted octanol–water partition coefficient (Wildman–Crippen LogP) is 4.74. The van der Waals surface area contributed by atoms with Gasteiger partial charge in [0.15, 0.2) is 21.2 Å². The first kappa shape index (κ1) is 22.7. The molecule has 0 aliphatic heterocycles. The zero-order chi connectivity index (χ0) is 24.2. The Kier molecular flexibility index (Phi) is 6.36. The van der Waals surface area contributed by atoms with Gasteiger partial charge in [0.25, 0.3) is 0 Å². The van der Waals surface area contributed by atoms with Gasteiger partial charge < -0.3 is 19.8 Å². The van der Waals surface area contributed by atoms with Crippen molar-refractivity contribution in [2.45, 2.75) is 0 Å². The van der Waals surface area contributed by atoms with Gasteiger partial charge in [-0.15, -0.1) is 0 Å². The van der Waals surface area contributed by atoms with Crippen LogP contribution in [-0.4, -0.2) is 29.5 Å². The minimum atomic E-state index is -0.1000. The molecule has 0 amide bonds. The first-order chi connectivity index (χ1) is 16.4. The van der Waals surface area contributed by atoms with E-state index in [9.17, 15) is 5.26 Å². The Morgan fingerprint density at radius 1 is 0.882 bits per heavy atom. The number of nitrogens with zero attached hydrogens (tertiary/aromatic N) is 6. The number of benzene rings is 2. The van der Waals surface area contributed by atoms with Crippen LogP contribution in [0.2, 0.25) is 0 Å². The van der Waals surface area contributed by atoms with Crippen LogP contribution in [0.3, 0.4) is 0 Å². The van der Waals surface area contributed by atoms with Crippen LogP contribution in [-0.2, 0) is 14.1 Å². The third-order valence-corrected chi connectivity index (χ3v) is 5.77. The average Bonchev–Trinajstić information content (AvgIpc) is 3.36. The van der Waals surface area contributed by atoms with Crippen LogP contribution in [0.1, 0.15) is 0 Å². The molecule has 2 aromatic heterocycles. The van der Waals surface area contributed by atoms with Crippen molar-refractivity contribution in [1.82, 2.24) is 29.5 Å². The first-order valence-corrected chi connectivity index (χ1v) is 10.7. The highest BCUT2D eigenvalue weighted by molar-refractivity contribution is 7.71. The van der Waals surface area contributed by atoms with Crippen molar-refractivity contribution in [2.24, 2.45) is 14.1 Å². The highest BCUT2D eigenvalue weighted by Gasteiger charge is 2.11. The number of anilines is 2. The third-order valence-electron chi connectivity index (χ3n) is 5.04. The molecule has 0 unspecified atom stereocenters. The maximum atomic E-state index is 9.45. The number of hydrogen-bond donors (Lipinski definition) is 4. The zero-order valence-corrected chi connectivity index (χ0v) is 19.8. The first-order valence-electron chi connectivity index (χ1n) is 9.91. The molecule has 2 aromatic carbocycles. The largest absolute Gasteiger partial charge is 0.350 e. The molecule has 0 atom stereocenters. The minimum absolute atomic E-state index is 0.1000. The molecule has 0 aliphatic carbocycles. The van der Waals surface area contributed by atoms with Crippen molar-refractivity contribution in [3.8, 4) is 28.8 Å². The Morgan fingerprint density at radius 2 is 1.29 bits per heavy atom. The van der Waals surface area contributed by atoms with Crippen molar-refractivity contribution in [1.29, 1.82) is 5.26 Å². The number of rotatable bonds is 6. The maximum Gasteiger partial charge on any atom is 0.300 e. The molecule has 4 N–H and O–H groups in total. The molecule has 4 aromatic rings. The summed E-state index contributed by atoms with van der Waals surface area (Å²) in [6.07, 6.45) is 0. The van der Waals surface area contributed by atoms with Crippen LogP contribution in [0.15, 0.2) is 60.0 Å². The smallest absolute Gasteiger partial charge is 0.300 e. The predicted molar refractivity (Wildman–Crippen MR) is 134 cm³/mol. The van der Waals surface area contributed by atoms with Gasteiger partial charge in [-0.05, 0) is 73.0 Å². The van der Waals surface area contributed by atoms with E-state index in [4.69, 9.17) is 31.0 Å². The molecule has 0 aliphatic rings. The Morgan fingerprint density at radius 3 is 1.59 bits per heavy atom. The molecule has 0 radical (unpaired) electrons. The summed E-state index contributed by atoms with van der Waals surface area (Å²) in [5, 5.41) is 29.7. The molecule has 34 heavy (non-hydrogen) atoms. The van der Waals surface area contributed by atoms with Crippen molar-refractivity contribution >= 4 is 35.8 Å². The molecule has 12 heteroatoms. The number of hydrogen-bond acceptors (Lipinski definition) is 7. The summed E-state index contributed by atoms with van der Waals surface area (Å²) in [5.74, 6) is 1.69. The summed E-state index contributed by atoms with van der Waals surface area (Å²) < 4.78 is 4.61. The van der Waals surface area contributed by atoms with E-state index in [-0.39, 0.29) is 11.5 Å². The van der Waals surface area contributed by atoms with E-state index in [1.165, 1.54) is 0 Å². The Bertz CT molecular complexity index is 1450. The molecule has 0 fully saturated rings. The molecule has 0 saturated carbocycles. The number of aromatic nitrogens is 6. The second kappa shape index (κ2) is 9.54. The monoisotopic (exact) mass is 486 g/mol. The fourth-order valence-corrected chi connectivity index (χ4v) is 3.45. The Hall–Kier alpha value is -4.52. The van der Waals surface area contributed by atoms with Crippen molar-refractivity contribution in [2.75, 3.05) is 10.6 Å². The van der Waals surface area contributed by atoms with Gasteiger partial charge in [-0.2, -0.15) is 10.2 Å². The maximum absolute atomic E-state index is 9.45. The topological polar surface area (TPSA) is 119 Å². The molecule has 0 bridgehead atoms. The molecular formula is C22H18N10S2.